The van der Waals surface area contributed by atoms with Gasteiger partial charge in [-0.05, 0) is 75.7 Å². The Hall–Kier alpha value is -1.46. The van der Waals surface area contributed by atoms with Gasteiger partial charge in [0.25, 0.3) is 0 Å². The number of ketones is 1. The Morgan fingerprint density at radius 2 is 2.00 bits per heavy atom. The van der Waals surface area contributed by atoms with Crippen LogP contribution in [-0.4, -0.2) is 37.9 Å². The number of hydrogen-bond donors (Lipinski definition) is 0. The van der Waals surface area contributed by atoms with Crippen LogP contribution in [0.4, 0.5) is 0 Å². The molecule has 0 aromatic heterocycles. The number of hydrogen-bond acceptors (Lipinski definition) is 5. The molecule has 1 saturated carbocycles. The fourth-order valence-electron chi connectivity index (χ4n) is 5.50. The van der Waals surface area contributed by atoms with Crippen LogP contribution >= 0.6 is 0 Å². The van der Waals surface area contributed by atoms with Crippen molar-refractivity contribution in [3.63, 3.8) is 0 Å². The third-order valence-corrected chi connectivity index (χ3v) is 7.28. The molecule has 2 fully saturated rings. The molecule has 0 aromatic rings. The molecule has 0 bridgehead atoms. The average molecular weight is 447 g/mol. The fraction of sp³-hybridized carbons (Fsp3) is 0.778. The van der Waals surface area contributed by atoms with E-state index in [1.54, 1.807) is 0 Å². The van der Waals surface area contributed by atoms with Crippen LogP contribution in [0.25, 0.3) is 0 Å². The Morgan fingerprint density at radius 1 is 1.16 bits per heavy atom. The molecule has 0 spiro atoms. The van der Waals surface area contributed by atoms with E-state index in [1.165, 1.54) is 12.7 Å². The molecule has 1 aliphatic heterocycles. The van der Waals surface area contributed by atoms with Gasteiger partial charge in [-0.25, -0.2) is 0 Å². The molecule has 3 rings (SSSR count). The predicted molar refractivity (Wildman–Crippen MR) is 125 cm³/mol. The van der Waals surface area contributed by atoms with Crippen molar-refractivity contribution in [2.24, 2.45) is 17.8 Å². The summed E-state index contributed by atoms with van der Waals surface area (Å²) in [6.07, 6.45) is 19.1. The summed E-state index contributed by atoms with van der Waals surface area (Å²) in [4.78, 5) is 23.7. The third-order valence-electron chi connectivity index (χ3n) is 7.28. The molecule has 2 aliphatic carbocycles. The first-order valence-corrected chi connectivity index (χ1v) is 12.8. The highest BCUT2D eigenvalue weighted by Crippen LogP contribution is 2.49. The van der Waals surface area contributed by atoms with Crippen LogP contribution in [-0.2, 0) is 23.8 Å². The molecule has 1 unspecified atom stereocenters. The second-order valence-corrected chi connectivity index (χ2v) is 9.71. The number of esters is 1. The number of carbonyl (C=O) groups is 2. The quantitative estimate of drug-likeness (QED) is 0.152. The molecule has 180 valence electrons. The minimum atomic E-state index is -0.124. The van der Waals surface area contributed by atoms with Gasteiger partial charge in [-0.2, -0.15) is 0 Å². The number of allylic oxidation sites excluding steroid dienone is 3. The Bertz CT molecular complexity index is 661. The molecule has 1 heterocycles. The Kier molecular flexibility index (Phi) is 10.5. The highest BCUT2D eigenvalue weighted by molar-refractivity contribution is 5.89. The van der Waals surface area contributed by atoms with E-state index < -0.39 is 0 Å². The lowest BCUT2D eigenvalue weighted by Gasteiger charge is -2.29. The maximum Gasteiger partial charge on any atom is 0.305 e. The summed E-state index contributed by atoms with van der Waals surface area (Å²) in [6.45, 7) is 2.95. The summed E-state index contributed by atoms with van der Waals surface area (Å²) in [6, 6.07) is 0. The van der Waals surface area contributed by atoms with Gasteiger partial charge < -0.3 is 14.2 Å². The van der Waals surface area contributed by atoms with Crippen LogP contribution < -0.4 is 0 Å². The SMILES string of the molecule is CCCCCC(=O)C=C[C@H]1[C@H]2CC(CCCCC(=O)OC)=C[C@@H]2C[C@@H]1OC1CCCCO1. The standard InChI is InChI=1S/C27H42O5/c1-3-4-5-11-22(28)14-15-23-24-18-20(10-6-7-12-26(29)30-2)17-21(24)19-25(23)32-27-13-8-9-16-31-27/h14-15,17,21,23-25,27H,3-13,16,18-19H2,1-2H3/t21-,23+,24+,25+,27?/m1/s1. The zero-order chi connectivity index (χ0) is 22.8. The van der Waals surface area contributed by atoms with Crippen molar-refractivity contribution in [1.29, 1.82) is 0 Å². The largest absolute Gasteiger partial charge is 0.469 e. The number of fused-ring (bicyclic) bond motifs is 1. The fourth-order valence-corrected chi connectivity index (χ4v) is 5.50. The predicted octanol–water partition coefficient (Wildman–Crippen LogP) is 5.92. The molecule has 5 atom stereocenters. The molecular weight excluding hydrogens is 404 g/mol. The van der Waals surface area contributed by atoms with Crippen LogP contribution in [0, 0.1) is 17.8 Å². The van der Waals surface area contributed by atoms with E-state index in [4.69, 9.17) is 14.2 Å². The van der Waals surface area contributed by atoms with E-state index >= 15 is 0 Å². The van der Waals surface area contributed by atoms with Crippen molar-refractivity contribution >= 4 is 11.8 Å². The molecular formula is C27H42O5. The smallest absolute Gasteiger partial charge is 0.305 e. The summed E-state index contributed by atoms with van der Waals surface area (Å²) in [5.41, 5.74) is 1.50. The van der Waals surface area contributed by atoms with Gasteiger partial charge in [0.2, 0.25) is 0 Å². The highest BCUT2D eigenvalue weighted by Gasteiger charge is 2.45. The van der Waals surface area contributed by atoms with Gasteiger partial charge in [-0.1, -0.05) is 37.5 Å². The summed E-state index contributed by atoms with van der Waals surface area (Å²) in [5.74, 6) is 1.41. The van der Waals surface area contributed by atoms with Gasteiger partial charge in [0.1, 0.15) is 0 Å². The van der Waals surface area contributed by atoms with E-state index in [9.17, 15) is 9.59 Å². The minimum absolute atomic E-state index is 0.0921. The van der Waals surface area contributed by atoms with E-state index in [2.05, 4.69) is 19.1 Å². The summed E-state index contributed by atoms with van der Waals surface area (Å²) in [7, 11) is 1.45. The Balaban J connectivity index is 1.56. The third kappa shape index (κ3) is 7.55. The van der Waals surface area contributed by atoms with Crippen LogP contribution in [0.5, 0.6) is 0 Å². The van der Waals surface area contributed by atoms with Gasteiger partial charge >= 0.3 is 5.97 Å². The summed E-state index contributed by atoms with van der Waals surface area (Å²) < 4.78 is 17.0. The zero-order valence-electron chi connectivity index (χ0n) is 20.1. The summed E-state index contributed by atoms with van der Waals surface area (Å²) in [5, 5.41) is 0. The average Bonchev–Trinajstić information content (AvgIpc) is 3.33. The molecule has 0 N–H and O–H groups in total. The second-order valence-electron chi connectivity index (χ2n) is 9.71. The van der Waals surface area contributed by atoms with Crippen LogP contribution in [0.15, 0.2) is 23.8 Å². The molecule has 5 heteroatoms. The maximum absolute atomic E-state index is 12.4. The van der Waals surface area contributed by atoms with E-state index in [1.807, 2.05) is 6.08 Å². The van der Waals surface area contributed by atoms with Gasteiger partial charge in [0, 0.05) is 25.4 Å². The second kappa shape index (κ2) is 13.3. The number of methoxy groups -OCH3 is 1. The van der Waals surface area contributed by atoms with Crippen molar-refractivity contribution in [3.05, 3.63) is 23.8 Å². The lowest BCUT2D eigenvalue weighted by atomic mass is 9.88. The number of unbranched alkanes of at least 4 members (excludes halogenated alkanes) is 3. The van der Waals surface area contributed by atoms with Gasteiger partial charge in [0.15, 0.2) is 12.1 Å². The number of carbonyl (C=O) groups excluding carboxylic acids is 2. The molecule has 3 aliphatic rings. The van der Waals surface area contributed by atoms with Gasteiger partial charge in [-0.3, -0.25) is 9.59 Å². The van der Waals surface area contributed by atoms with Crippen molar-refractivity contribution < 1.29 is 23.8 Å². The summed E-state index contributed by atoms with van der Waals surface area (Å²) >= 11 is 0. The molecule has 5 nitrogen and oxygen atoms in total. The molecule has 32 heavy (non-hydrogen) atoms. The lowest BCUT2D eigenvalue weighted by molar-refractivity contribution is -0.192. The number of ether oxygens (including phenoxy) is 3. The van der Waals surface area contributed by atoms with Gasteiger partial charge in [-0.15, -0.1) is 0 Å². The number of rotatable bonds is 13. The first kappa shape index (κ1) is 25.2. The molecule has 1 saturated heterocycles. The van der Waals surface area contributed by atoms with E-state index in [0.29, 0.717) is 24.7 Å². The Morgan fingerprint density at radius 3 is 2.75 bits per heavy atom. The monoisotopic (exact) mass is 446 g/mol. The topological polar surface area (TPSA) is 61.8 Å². The lowest BCUT2D eigenvalue weighted by Crippen LogP contribution is -2.30. The first-order valence-electron chi connectivity index (χ1n) is 12.8. The molecule has 0 amide bonds. The van der Waals surface area contributed by atoms with Crippen molar-refractivity contribution in [1.82, 2.24) is 0 Å². The highest BCUT2D eigenvalue weighted by atomic mass is 16.7. The van der Waals surface area contributed by atoms with Crippen molar-refractivity contribution in [2.45, 2.75) is 103 Å². The van der Waals surface area contributed by atoms with Crippen LogP contribution in [0.2, 0.25) is 0 Å². The first-order chi connectivity index (χ1) is 15.6. The normalized spacial score (nSPS) is 29.8. The van der Waals surface area contributed by atoms with Crippen LogP contribution in [0.1, 0.15) is 90.4 Å². The van der Waals surface area contributed by atoms with E-state index in [-0.39, 0.29) is 30.1 Å². The van der Waals surface area contributed by atoms with Crippen molar-refractivity contribution in [3.8, 4) is 0 Å². The maximum atomic E-state index is 12.4. The zero-order valence-corrected chi connectivity index (χ0v) is 20.1. The minimum Gasteiger partial charge on any atom is -0.469 e. The molecule has 0 radical (unpaired) electrons. The van der Waals surface area contributed by atoms with E-state index in [0.717, 1.165) is 77.2 Å². The van der Waals surface area contributed by atoms with Crippen molar-refractivity contribution in [2.75, 3.05) is 13.7 Å². The Labute approximate surface area is 193 Å². The molecule has 0 aromatic carbocycles. The van der Waals surface area contributed by atoms with Gasteiger partial charge in [0.05, 0.1) is 13.2 Å². The van der Waals surface area contributed by atoms with Crippen LogP contribution in [0.3, 0.4) is 0 Å².